The molecule has 146 valence electrons. The molecule has 0 aliphatic carbocycles. The molecule has 5 nitrogen and oxygen atoms in total. The molecule has 1 saturated heterocycles. The van der Waals surface area contributed by atoms with Crippen molar-refractivity contribution in [3.63, 3.8) is 0 Å². The molecule has 1 heterocycles. The van der Waals surface area contributed by atoms with Gasteiger partial charge in [-0.3, -0.25) is 4.90 Å². The summed E-state index contributed by atoms with van der Waals surface area (Å²) in [5, 5.41) is 9.48. The highest BCUT2D eigenvalue weighted by atomic mass is 32.2. The molecule has 0 aromatic heterocycles. The molecule has 0 bridgehead atoms. The molecular formula is C21H22N2O3S2. The molecule has 3 rings (SSSR count). The minimum atomic E-state index is -3.85. The molecule has 2 aromatic rings. The first-order chi connectivity index (χ1) is 13.5. The van der Waals surface area contributed by atoms with Gasteiger partial charge in [0.15, 0.2) is 0 Å². The second-order valence-electron chi connectivity index (χ2n) is 6.40. The standard InChI is InChI=1S/C21H22N2O3S2/c1-26-21-8-7-17(13-18(21)16-23-9-11-27-12-10-23)14-20(15-22)28(24,25)19-5-3-2-4-6-19/h2-8,13-14H,9-12,16H2,1H3/b20-14+. The lowest BCUT2D eigenvalue weighted by Gasteiger charge is -2.26. The van der Waals surface area contributed by atoms with Crippen molar-refractivity contribution < 1.29 is 13.2 Å². The third-order valence-electron chi connectivity index (χ3n) is 4.55. The van der Waals surface area contributed by atoms with Gasteiger partial charge in [-0.05, 0) is 35.9 Å². The van der Waals surface area contributed by atoms with E-state index in [0.29, 0.717) is 5.56 Å². The first-order valence-corrected chi connectivity index (χ1v) is 11.6. The van der Waals surface area contributed by atoms with Gasteiger partial charge in [-0.1, -0.05) is 24.3 Å². The fourth-order valence-corrected chi connectivity index (χ4v) is 5.22. The molecule has 0 N–H and O–H groups in total. The Bertz CT molecular complexity index is 990. The minimum absolute atomic E-state index is 0.113. The van der Waals surface area contributed by atoms with E-state index >= 15 is 0 Å². The molecular weight excluding hydrogens is 392 g/mol. The molecule has 0 saturated carbocycles. The maximum Gasteiger partial charge on any atom is 0.216 e. The summed E-state index contributed by atoms with van der Waals surface area (Å²) in [4.78, 5) is 2.19. The third kappa shape index (κ3) is 4.76. The van der Waals surface area contributed by atoms with E-state index in [-0.39, 0.29) is 9.80 Å². The summed E-state index contributed by atoms with van der Waals surface area (Å²) < 4.78 is 31.0. The lowest BCUT2D eigenvalue weighted by atomic mass is 10.1. The van der Waals surface area contributed by atoms with Crippen LogP contribution in [0.15, 0.2) is 58.3 Å². The number of ether oxygens (including phenoxy) is 1. The van der Waals surface area contributed by atoms with Crippen LogP contribution in [0.25, 0.3) is 6.08 Å². The van der Waals surface area contributed by atoms with Crippen LogP contribution in [0.3, 0.4) is 0 Å². The fraction of sp³-hybridized carbons (Fsp3) is 0.286. The number of allylic oxidation sites excluding steroid dienone is 1. The van der Waals surface area contributed by atoms with Crippen LogP contribution in [0.4, 0.5) is 0 Å². The molecule has 28 heavy (non-hydrogen) atoms. The van der Waals surface area contributed by atoms with Crippen molar-refractivity contribution >= 4 is 27.7 Å². The van der Waals surface area contributed by atoms with Crippen molar-refractivity contribution in [2.75, 3.05) is 31.7 Å². The average Bonchev–Trinajstić information content (AvgIpc) is 2.73. The second kappa shape index (κ2) is 9.28. The Balaban J connectivity index is 1.93. The van der Waals surface area contributed by atoms with E-state index < -0.39 is 9.84 Å². The number of methoxy groups -OCH3 is 1. The molecule has 1 fully saturated rings. The predicted molar refractivity (Wildman–Crippen MR) is 113 cm³/mol. The predicted octanol–water partition coefficient (Wildman–Crippen LogP) is 3.58. The van der Waals surface area contributed by atoms with Crippen molar-refractivity contribution in [2.45, 2.75) is 11.4 Å². The van der Waals surface area contributed by atoms with Gasteiger partial charge in [-0.15, -0.1) is 0 Å². The summed E-state index contributed by atoms with van der Waals surface area (Å²) in [6, 6.07) is 15.4. The normalized spacial score (nSPS) is 15.8. The van der Waals surface area contributed by atoms with Crippen LogP contribution in [0.1, 0.15) is 11.1 Å². The number of thioether (sulfide) groups is 1. The highest BCUT2D eigenvalue weighted by Crippen LogP contribution is 2.26. The van der Waals surface area contributed by atoms with Crippen LogP contribution >= 0.6 is 11.8 Å². The number of benzene rings is 2. The Morgan fingerprint density at radius 3 is 2.57 bits per heavy atom. The highest BCUT2D eigenvalue weighted by Gasteiger charge is 2.21. The maximum absolute atomic E-state index is 12.8. The first kappa shape index (κ1) is 20.5. The lowest BCUT2D eigenvalue weighted by molar-refractivity contribution is 0.288. The highest BCUT2D eigenvalue weighted by molar-refractivity contribution is 7.99. The zero-order valence-electron chi connectivity index (χ0n) is 15.7. The Morgan fingerprint density at radius 1 is 1.21 bits per heavy atom. The van der Waals surface area contributed by atoms with Crippen LogP contribution in [-0.2, 0) is 16.4 Å². The van der Waals surface area contributed by atoms with Crippen molar-refractivity contribution in [1.82, 2.24) is 4.90 Å². The van der Waals surface area contributed by atoms with E-state index in [1.54, 1.807) is 31.4 Å². The Labute approximate surface area is 170 Å². The molecule has 0 radical (unpaired) electrons. The lowest BCUT2D eigenvalue weighted by Crippen LogP contribution is -2.32. The van der Waals surface area contributed by atoms with Crippen LogP contribution in [0, 0.1) is 11.3 Å². The van der Waals surface area contributed by atoms with Crippen LogP contribution in [-0.4, -0.2) is 45.0 Å². The Kier molecular flexibility index (Phi) is 6.79. The largest absolute Gasteiger partial charge is 0.496 e. The molecule has 2 aromatic carbocycles. The van der Waals surface area contributed by atoms with Gasteiger partial charge >= 0.3 is 0 Å². The van der Waals surface area contributed by atoms with Gasteiger partial charge in [0, 0.05) is 36.7 Å². The number of nitriles is 1. The van der Waals surface area contributed by atoms with Gasteiger partial charge in [0.1, 0.15) is 16.7 Å². The Hall–Kier alpha value is -2.27. The molecule has 0 spiro atoms. The van der Waals surface area contributed by atoms with Crippen molar-refractivity contribution in [1.29, 1.82) is 5.26 Å². The van der Waals surface area contributed by atoms with E-state index in [2.05, 4.69) is 4.90 Å². The number of hydrogen-bond acceptors (Lipinski definition) is 6. The molecule has 1 aliphatic rings. The third-order valence-corrected chi connectivity index (χ3v) is 7.18. The molecule has 1 aliphatic heterocycles. The smallest absolute Gasteiger partial charge is 0.216 e. The number of sulfone groups is 1. The topological polar surface area (TPSA) is 70.4 Å². The van der Waals surface area contributed by atoms with Gasteiger partial charge in [0.05, 0.1) is 12.0 Å². The molecule has 0 unspecified atom stereocenters. The van der Waals surface area contributed by atoms with Gasteiger partial charge in [0.25, 0.3) is 0 Å². The van der Waals surface area contributed by atoms with Crippen molar-refractivity contribution in [3.8, 4) is 11.8 Å². The second-order valence-corrected chi connectivity index (χ2v) is 9.54. The Morgan fingerprint density at radius 2 is 1.93 bits per heavy atom. The van der Waals surface area contributed by atoms with Crippen molar-refractivity contribution in [2.24, 2.45) is 0 Å². The summed E-state index contributed by atoms with van der Waals surface area (Å²) in [7, 11) is -2.22. The van der Waals surface area contributed by atoms with Crippen molar-refractivity contribution in [3.05, 3.63) is 64.6 Å². The van der Waals surface area contributed by atoms with Gasteiger partial charge < -0.3 is 4.74 Å². The average molecular weight is 415 g/mol. The van der Waals surface area contributed by atoms with Crippen LogP contribution in [0.5, 0.6) is 5.75 Å². The first-order valence-electron chi connectivity index (χ1n) is 8.93. The number of rotatable bonds is 6. The van der Waals surface area contributed by atoms with E-state index in [1.807, 2.05) is 30.0 Å². The quantitative estimate of drug-likeness (QED) is 0.673. The summed E-state index contributed by atoms with van der Waals surface area (Å²) in [5.74, 6) is 2.98. The van der Waals surface area contributed by atoms with E-state index in [0.717, 1.165) is 42.5 Å². The van der Waals surface area contributed by atoms with Gasteiger partial charge in [0.2, 0.25) is 9.84 Å². The summed E-state index contributed by atoms with van der Waals surface area (Å²) in [5.41, 5.74) is 1.65. The number of nitrogens with zero attached hydrogens (tertiary/aromatic N) is 2. The monoisotopic (exact) mass is 414 g/mol. The van der Waals surface area contributed by atoms with Gasteiger partial charge in [-0.25, -0.2) is 8.42 Å². The molecule has 0 amide bonds. The number of hydrogen-bond donors (Lipinski definition) is 0. The summed E-state index contributed by atoms with van der Waals surface area (Å²) in [6.07, 6.45) is 1.43. The molecule has 0 atom stereocenters. The van der Waals surface area contributed by atoms with Crippen LogP contribution < -0.4 is 4.74 Å². The zero-order chi connectivity index (χ0) is 20.0. The van der Waals surface area contributed by atoms with E-state index in [9.17, 15) is 13.7 Å². The van der Waals surface area contributed by atoms with E-state index in [4.69, 9.17) is 4.74 Å². The summed E-state index contributed by atoms with van der Waals surface area (Å²) >= 11 is 1.95. The van der Waals surface area contributed by atoms with Gasteiger partial charge in [-0.2, -0.15) is 17.0 Å². The zero-order valence-corrected chi connectivity index (χ0v) is 17.3. The fourth-order valence-electron chi connectivity index (χ4n) is 3.06. The van der Waals surface area contributed by atoms with E-state index in [1.165, 1.54) is 18.2 Å². The maximum atomic E-state index is 12.8. The SMILES string of the molecule is COc1ccc(/C=C(\C#N)S(=O)(=O)c2ccccc2)cc1CN1CCSCC1. The molecule has 7 heteroatoms. The minimum Gasteiger partial charge on any atom is -0.496 e. The van der Waals surface area contributed by atoms with Crippen LogP contribution in [0.2, 0.25) is 0 Å². The summed E-state index contributed by atoms with van der Waals surface area (Å²) in [6.45, 7) is 2.76.